The molecular formula is C25H30N8O2S. The van der Waals surface area contributed by atoms with Crippen LogP contribution in [0.1, 0.15) is 53.8 Å². The molecule has 1 fully saturated rings. The van der Waals surface area contributed by atoms with Gasteiger partial charge in [-0.2, -0.15) is 0 Å². The molecule has 3 aromatic rings. The molecule has 10 nitrogen and oxygen atoms in total. The van der Waals surface area contributed by atoms with Gasteiger partial charge in [-0.3, -0.25) is 4.79 Å². The Labute approximate surface area is 216 Å². The Balaban J connectivity index is 1.15. The summed E-state index contributed by atoms with van der Waals surface area (Å²) in [5.41, 5.74) is 21.5. The number of thiazole rings is 1. The van der Waals surface area contributed by atoms with E-state index in [-0.39, 0.29) is 41.2 Å². The van der Waals surface area contributed by atoms with Gasteiger partial charge in [0.2, 0.25) is 0 Å². The van der Waals surface area contributed by atoms with Crippen molar-refractivity contribution >= 4 is 34.0 Å². The van der Waals surface area contributed by atoms with E-state index in [1.165, 1.54) is 27.4 Å². The Morgan fingerprint density at radius 3 is 2.81 bits per heavy atom. The molecule has 11 heteroatoms. The minimum absolute atomic E-state index is 0.00769. The number of piperidine rings is 1. The molecule has 4 heterocycles. The first-order valence-electron chi connectivity index (χ1n) is 12.9. The third kappa shape index (κ3) is 3.73. The lowest BCUT2D eigenvalue weighted by molar-refractivity contribution is 0.0731. The molecule has 2 aliphatic heterocycles. The second-order valence-electron chi connectivity index (χ2n) is 9.69. The van der Waals surface area contributed by atoms with Crippen LogP contribution in [0.2, 0.25) is 0 Å². The molecule has 3 aliphatic rings. The summed E-state index contributed by atoms with van der Waals surface area (Å²) in [7, 11) is 1.67. The molecule has 1 amide bonds. The first kappa shape index (κ1) is 20.7. The fourth-order valence-electron chi connectivity index (χ4n) is 5.66. The van der Waals surface area contributed by atoms with Crippen molar-refractivity contribution in [3.05, 3.63) is 51.8 Å². The maximum Gasteiger partial charge on any atom is 0.276 e. The lowest BCUT2D eigenvalue weighted by atomic mass is 9.73. The molecule has 188 valence electrons. The average molecular weight is 509 g/mol. The van der Waals surface area contributed by atoms with Gasteiger partial charge < -0.3 is 31.7 Å². The van der Waals surface area contributed by atoms with Crippen molar-refractivity contribution in [3.63, 3.8) is 0 Å². The number of aromatic nitrogens is 3. The topological polar surface area (TPSA) is 150 Å². The molecule has 0 bridgehead atoms. The van der Waals surface area contributed by atoms with Gasteiger partial charge in [0.25, 0.3) is 5.91 Å². The lowest BCUT2D eigenvalue weighted by Crippen LogP contribution is -2.44. The molecular weight excluding hydrogens is 476 g/mol. The maximum absolute atomic E-state index is 13.3. The number of rotatable bonds is 3. The van der Waals surface area contributed by atoms with Crippen molar-refractivity contribution in [2.45, 2.75) is 38.2 Å². The number of methoxy groups -OCH3 is 1. The molecule has 1 atom stereocenters. The van der Waals surface area contributed by atoms with Gasteiger partial charge in [-0.05, 0) is 47.9 Å². The van der Waals surface area contributed by atoms with Crippen LogP contribution < -0.4 is 26.8 Å². The predicted octanol–water partition coefficient (Wildman–Crippen LogP) is 2.15. The summed E-state index contributed by atoms with van der Waals surface area (Å²) in [5, 5.41) is 0.280. The van der Waals surface area contributed by atoms with E-state index in [0.29, 0.717) is 16.4 Å². The van der Waals surface area contributed by atoms with Crippen LogP contribution in [-0.2, 0) is 19.3 Å². The first-order valence-corrected chi connectivity index (χ1v) is 12.8. The van der Waals surface area contributed by atoms with E-state index in [9.17, 15) is 4.79 Å². The van der Waals surface area contributed by atoms with Crippen LogP contribution in [0.25, 0.3) is 0 Å². The van der Waals surface area contributed by atoms with E-state index in [2.05, 4.69) is 32.0 Å². The normalized spacial score (nSPS) is 22.6. The number of amides is 1. The number of anilines is 3. The highest BCUT2D eigenvalue weighted by atomic mass is 32.1. The number of ether oxygens (including phenoxy) is 1. The zero-order chi connectivity index (χ0) is 26.8. The Bertz CT molecular complexity index is 1420. The highest BCUT2D eigenvalue weighted by Gasteiger charge is 2.46. The van der Waals surface area contributed by atoms with E-state index in [0.717, 1.165) is 38.1 Å². The summed E-state index contributed by atoms with van der Waals surface area (Å²) in [5.74, 6) is 1.00. The number of fused-ring (bicyclic) bond motifs is 2. The number of carbonyl (C=O) groups excluding carboxylic acids is 1. The van der Waals surface area contributed by atoms with Crippen molar-refractivity contribution in [1.29, 1.82) is 0 Å². The number of carbonyl (C=O) groups is 1. The molecule has 0 radical (unpaired) electrons. The van der Waals surface area contributed by atoms with Gasteiger partial charge in [0, 0.05) is 39.7 Å². The number of nitrogen functional groups attached to an aromatic ring is 2. The molecule has 0 saturated carbocycles. The smallest absolute Gasteiger partial charge is 0.276 e. The molecule has 36 heavy (non-hydrogen) atoms. The standard InChI is InChI=1S/C25H30N8O2S/c1-35-15-3-2-14-11-25(21(26)16(14)10-15)5-8-32(9-6-25)19-12-29-20(22(27)31-19)23(34)33-7-4-17-18(13-33)36-24(28)30-17/h2-3,10,12,21H,4-9,11,13,26H2,1H3,(H2,27,31)(H2,28,30)/i4D2. The molecule has 6 N–H and O–H groups in total. The number of hydrogen-bond acceptors (Lipinski definition) is 10. The zero-order valence-electron chi connectivity index (χ0n) is 22.0. The summed E-state index contributed by atoms with van der Waals surface area (Å²) >= 11 is 1.18. The van der Waals surface area contributed by atoms with Crippen molar-refractivity contribution in [3.8, 4) is 5.75 Å². The fourth-order valence-corrected chi connectivity index (χ4v) is 6.48. The predicted molar refractivity (Wildman–Crippen MR) is 139 cm³/mol. The third-order valence-corrected chi connectivity index (χ3v) is 8.61. The Hall–Kier alpha value is -3.44. The minimum atomic E-state index is -1.81. The molecule has 1 spiro atoms. The number of benzene rings is 1. The second-order valence-corrected chi connectivity index (χ2v) is 10.8. The fraction of sp³-hybridized carbons (Fsp3) is 0.440. The van der Waals surface area contributed by atoms with Crippen LogP contribution in [0.5, 0.6) is 5.75 Å². The van der Waals surface area contributed by atoms with Gasteiger partial charge >= 0.3 is 0 Å². The van der Waals surface area contributed by atoms with Crippen LogP contribution in [-0.4, -0.2) is 52.5 Å². The Morgan fingerprint density at radius 2 is 2.06 bits per heavy atom. The molecule has 1 unspecified atom stereocenters. The molecule has 2 aromatic heterocycles. The lowest BCUT2D eigenvalue weighted by Gasteiger charge is -2.42. The quantitative estimate of drug-likeness (QED) is 0.483. The van der Waals surface area contributed by atoms with Gasteiger partial charge in [0.05, 0.1) is 25.5 Å². The molecule has 1 saturated heterocycles. The van der Waals surface area contributed by atoms with Crippen LogP contribution >= 0.6 is 11.3 Å². The number of nitrogens with two attached hydrogens (primary N) is 3. The highest BCUT2D eigenvalue weighted by molar-refractivity contribution is 7.15. The van der Waals surface area contributed by atoms with E-state index in [4.69, 9.17) is 24.7 Å². The Kier molecular flexibility index (Phi) is 4.95. The van der Waals surface area contributed by atoms with Crippen LogP contribution in [0, 0.1) is 5.41 Å². The van der Waals surface area contributed by atoms with E-state index < -0.39 is 12.3 Å². The summed E-state index contributed by atoms with van der Waals surface area (Å²) in [6, 6.07) is 6.12. The monoisotopic (exact) mass is 508 g/mol. The molecule has 6 rings (SSSR count). The second kappa shape index (κ2) is 8.59. The molecule has 1 aromatic carbocycles. The van der Waals surface area contributed by atoms with E-state index in [1.54, 1.807) is 13.3 Å². The first-order chi connectivity index (χ1) is 18.1. The van der Waals surface area contributed by atoms with Crippen molar-refractivity contribution < 1.29 is 12.3 Å². The minimum Gasteiger partial charge on any atom is -0.497 e. The van der Waals surface area contributed by atoms with Crippen LogP contribution in [0.4, 0.5) is 16.8 Å². The number of nitrogens with zero attached hydrogens (tertiary/aromatic N) is 5. The molecule has 1 aliphatic carbocycles. The average Bonchev–Trinajstić information content (AvgIpc) is 3.41. The van der Waals surface area contributed by atoms with E-state index in [1.807, 2.05) is 6.07 Å². The van der Waals surface area contributed by atoms with Crippen LogP contribution in [0.3, 0.4) is 0 Å². The van der Waals surface area contributed by atoms with Gasteiger partial charge in [-0.25, -0.2) is 15.0 Å². The highest BCUT2D eigenvalue weighted by Crippen LogP contribution is 2.51. The van der Waals surface area contributed by atoms with Gasteiger partial charge in [-0.1, -0.05) is 6.07 Å². The van der Waals surface area contributed by atoms with Crippen molar-refractivity contribution in [1.82, 2.24) is 19.9 Å². The SMILES string of the molecule is [2H]C1([2H])CN(C(=O)c2ncc(N3CCC4(CC3)Cc3ccc(OC)cc3C4N)nc2N)Cc2sc(N)nc21. The Morgan fingerprint density at radius 1 is 1.25 bits per heavy atom. The maximum atomic E-state index is 13.3. The van der Waals surface area contributed by atoms with Crippen molar-refractivity contribution in [2.75, 3.05) is 43.1 Å². The van der Waals surface area contributed by atoms with Gasteiger partial charge in [0.1, 0.15) is 11.6 Å². The third-order valence-electron chi connectivity index (χ3n) is 7.74. The zero-order valence-corrected chi connectivity index (χ0v) is 20.8. The summed E-state index contributed by atoms with van der Waals surface area (Å²) in [6.45, 7) is 1.55. The van der Waals surface area contributed by atoms with Gasteiger partial charge in [0.15, 0.2) is 16.6 Å². The summed E-state index contributed by atoms with van der Waals surface area (Å²) < 4.78 is 22.1. The van der Waals surface area contributed by atoms with E-state index >= 15 is 0 Å². The van der Waals surface area contributed by atoms with Crippen molar-refractivity contribution in [2.24, 2.45) is 11.1 Å². The largest absolute Gasteiger partial charge is 0.497 e. The van der Waals surface area contributed by atoms with Gasteiger partial charge in [-0.15, -0.1) is 11.3 Å². The summed E-state index contributed by atoms with van der Waals surface area (Å²) in [6.07, 6.45) is 2.51. The van der Waals surface area contributed by atoms with Crippen LogP contribution in [0.15, 0.2) is 24.4 Å². The number of hydrogen-bond donors (Lipinski definition) is 3. The summed E-state index contributed by atoms with van der Waals surface area (Å²) in [4.78, 5) is 30.4.